The van der Waals surface area contributed by atoms with E-state index < -0.39 is 12.1 Å². The third kappa shape index (κ3) is 5.53. The van der Waals surface area contributed by atoms with Crippen LogP contribution in [0, 0.1) is 0 Å². The van der Waals surface area contributed by atoms with Crippen LogP contribution in [0.1, 0.15) is 35.3 Å². The van der Waals surface area contributed by atoms with Crippen molar-refractivity contribution in [3.63, 3.8) is 0 Å². The van der Waals surface area contributed by atoms with E-state index in [4.69, 9.17) is 14.2 Å². The Morgan fingerprint density at radius 3 is 2.69 bits per heavy atom. The zero-order valence-electron chi connectivity index (χ0n) is 17.9. The van der Waals surface area contributed by atoms with Crippen molar-refractivity contribution in [3.8, 4) is 5.75 Å². The van der Waals surface area contributed by atoms with Crippen molar-refractivity contribution >= 4 is 29.1 Å². The van der Waals surface area contributed by atoms with E-state index >= 15 is 0 Å². The minimum atomic E-state index is -0.948. The highest BCUT2D eigenvalue weighted by atomic mass is 32.2. The number of ether oxygens (including phenoxy) is 3. The predicted octanol–water partition coefficient (Wildman–Crippen LogP) is 5.57. The largest absolute Gasteiger partial charge is 0.491 e. The molecule has 3 aromatic rings. The summed E-state index contributed by atoms with van der Waals surface area (Å²) in [6.45, 7) is 3.06. The molecule has 7 heteroatoms. The van der Waals surface area contributed by atoms with Gasteiger partial charge in [0.25, 0.3) is 0 Å². The fraction of sp³-hybridized carbons (Fsp3) is 0.320. The number of hydrogen-bond acceptors (Lipinski definition) is 6. The molecule has 2 aromatic carbocycles. The minimum Gasteiger partial charge on any atom is -0.491 e. The topological polar surface area (TPSA) is 65.0 Å². The summed E-state index contributed by atoms with van der Waals surface area (Å²) in [5, 5.41) is 11.4. The first-order valence-corrected chi connectivity index (χ1v) is 12.5. The van der Waals surface area contributed by atoms with Gasteiger partial charge < -0.3 is 19.3 Å². The number of fused-ring (bicyclic) bond motifs is 2. The van der Waals surface area contributed by atoms with Crippen molar-refractivity contribution in [2.75, 3.05) is 19.8 Å². The van der Waals surface area contributed by atoms with Gasteiger partial charge in [-0.25, -0.2) is 4.79 Å². The maximum Gasteiger partial charge on any atom is 0.333 e. The maximum atomic E-state index is 11.3. The maximum absolute atomic E-state index is 11.3. The fourth-order valence-electron chi connectivity index (χ4n) is 3.71. The Kier molecular flexibility index (Phi) is 7.86. The van der Waals surface area contributed by atoms with E-state index in [1.807, 2.05) is 36.0 Å². The van der Waals surface area contributed by atoms with Crippen molar-refractivity contribution in [2.24, 2.45) is 0 Å². The second kappa shape index (κ2) is 11.0. The van der Waals surface area contributed by atoms with E-state index in [0.717, 1.165) is 17.1 Å². The first kappa shape index (κ1) is 22.9. The van der Waals surface area contributed by atoms with Crippen molar-refractivity contribution in [2.45, 2.75) is 35.5 Å². The van der Waals surface area contributed by atoms with Crippen molar-refractivity contribution < 1.29 is 24.1 Å². The SMILES string of the molecule is CCOC(Cc1ccc(OCCOC2c3ccccc3CSc3sccc32)cc1)C(=O)O. The summed E-state index contributed by atoms with van der Waals surface area (Å²) in [6.07, 6.45) is -0.586. The summed E-state index contributed by atoms with van der Waals surface area (Å²) in [6, 6.07) is 18.1. The molecule has 2 atom stereocenters. The highest BCUT2D eigenvalue weighted by molar-refractivity contribution is 8.00. The number of carbonyl (C=O) groups is 1. The van der Waals surface area contributed by atoms with Crippen LogP contribution in [0.3, 0.4) is 0 Å². The molecule has 168 valence electrons. The molecule has 0 radical (unpaired) electrons. The normalized spacial score (nSPS) is 16.0. The van der Waals surface area contributed by atoms with E-state index in [9.17, 15) is 9.90 Å². The van der Waals surface area contributed by atoms with Crippen LogP contribution in [0.2, 0.25) is 0 Å². The highest BCUT2D eigenvalue weighted by Gasteiger charge is 2.25. The molecule has 2 unspecified atom stereocenters. The van der Waals surface area contributed by atoms with Gasteiger partial charge in [0.1, 0.15) is 18.5 Å². The molecule has 4 rings (SSSR count). The van der Waals surface area contributed by atoms with Crippen LogP contribution in [-0.2, 0) is 26.4 Å². The Morgan fingerprint density at radius 2 is 1.91 bits per heavy atom. The molecular formula is C25H26O5S2. The lowest BCUT2D eigenvalue weighted by Crippen LogP contribution is -2.26. The summed E-state index contributed by atoms with van der Waals surface area (Å²) in [4.78, 5) is 11.3. The van der Waals surface area contributed by atoms with Crippen LogP contribution in [0.15, 0.2) is 64.2 Å². The van der Waals surface area contributed by atoms with Gasteiger partial charge in [0.15, 0.2) is 6.10 Å². The van der Waals surface area contributed by atoms with E-state index in [2.05, 4.69) is 35.7 Å². The molecule has 0 saturated carbocycles. The molecule has 0 bridgehead atoms. The third-order valence-corrected chi connectivity index (χ3v) is 7.58. The average Bonchev–Trinajstić information content (AvgIpc) is 3.21. The highest BCUT2D eigenvalue weighted by Crippen LogP contribution is 2.43. The summed E-state index contributed by atoms with van der Waals surface area (Å²) < 4.78 is 18.8. The van der Waals surface area contributed by atoms with Gasteiger partial charge in [-0.3, -0.25) is 0 Å². The summed E-state index contributed by atoms with van der Waals surface area (Å²) >= 11 is 3.64. The molecular weight excluding hydrogens is 444 g/mol. The Morgan fingerprint density at radius 1 is 1.09 bits per heavy atom. The predicted molar refractivity (Wildman–Crippen MR) is 127 cm³/mol. The quantitative estimate of drug-likeness (QED) is 0.391. The van der Waals surface area contributed by atoms with Crippen LogP contribution in [0.4, 0.5) is 0 Å². The molecule has 1 N–H and O–H groups in total. The lowest BCUT2D eigenvalue weighted by Gasteiger charge is -2.19. The molecule has 0 fully saturated rings. The zero-order chi connectivity index (χ0) is 22.3. The van der Waals surface area contributed by atoms with E-state index in [0.29, 0.717) is 26.2 Å². The van der Waals surface area contributed by atoms with Gasteiger partial charge in [-0.05, 0) is 47.2 Å². The second-order valence-electron chi connectivity index (χ2n) is 7.38. The van der Waals surface area contributed by atoms with Crippen LogP contribution >= 0.6 is 23.1 Å². The minimum absolute atomic E-state index is 0.0834. The molecule has 0 amide bonds. The number of carboxylic acids is 1. The van der Waals surface area contributed by atoms with Gasteiger partial charge in [-0.1, -0.05) is 36.4 Å². The van der Waals surface area contributed by atoms with E-state index in [1.54, 1.807) is 18.3 Å². The summed E-state index contributed by atoms with van der Waals surface area (Å²) in [7, 11) is 0. The molecule has 0 spiro atoms. The van der Waals surface area contributed by atoms with Crippen molar-refractivity contribution in [1.29, 1.82) is 0 Å². The molecule has 32 heavy (non-hydrogen) atoms. The van der Waals surface area contributed by atoms with Crippen molar-refractivity contribution in [3.05, 3.63) is 82.2 Å². The standard InChI is InChI=1S/C25H26O5S2/c1-2-28-22(24(26)27)15-17-7-9-19(10-8-17)29-12-13-30-23-20-6-4-3-5-18(20)16-32-25-21(23)11-14-31-25/h3-11,14,22-23H,2,12-13,15-16H2,1H3,(H,26,27). The molecule has 1 aliphatic heterocycles. The Balaban J connectivity index is 1.33. The Hall–Kier alpha value is -2.32. The number of carboxylic acid groups (broad SMARTS) is 1. The van der Waals surface area contributed by atoms with Gasteiger partial charge in [-0.2, -0.15) is 0 Å². The van der Waals surface area contributed by atoms with Crippen molar-refractivity contribution in [1.82, 2.24) is 0 Å². The third-order valence-electron chi connectivity index (χ3n) is 5.26. The first-order chi connectivity index (χ1) is 15.7. The van der Waals surface area contributed by atoms with Gasteiger partial charge in [-0.15, -0.1) is 23.1 Å². The van der Waals surface area contributed by atoms with Gasteiger partial charge in [0, 0.05) is 24.3 Å². The lowest BCUT2D eigenvalue weighted by molar-refractivity contribution is -0.149. The molecule has 5 nitrogen and oxygen atoms in total. The fourth-order valence-corrected chi connectivity index (χ4v) is 5.87. The summed E-state index contributed by atoms with van der Waals surface area (Å²) in [5.74, 6) is 0.739. The Bertz CT molecular complexity index is 1030. The summed E-state index contributed by atoms with van der Waals surface area (Å²) in [5.41, 5.74) is 4.67. The van der Waals surface area contributed by atoms with Crippen LogP contribution in [-0.4, -0.2) is 37.0 Å². The van der Waals surface area contributed by atoms with E-state index in [-0.39, 0.29) is 6.10 Å². The molecule has 0 saturated heterocycles. The second-order valence-corrected chi connectivity index (χ2v) is 9.54. The Labute approximate surface area is 196 Å². The monoisotopic (exact) mass is 470 g/mol. The van der Waals surface area contributed by atoms with E-state index in [1.165, 1.54) is 20.9 Å². The van der Waals surface area contributed by atoms with Gasteiger partial charge in [0.05, 0.1) is 10.8 Å². The van der Waals surface area contributed by atoms with Gasteiger partial charge >= 0.3 is 5.97 Å². The average molecular weight is 471 g/mol. The molecule has 2 heterocycles. The van der Waals surface area contributed by atoms with Crippen LogP contribution in [0.5, 0.6) is 5.75 Å². The lowest BCUT2D eigenvalue weighted by atomic mass is 9.99. The number of thioether (sulfide) groups is 1. The number of rotatable bonds is 10. The number of benzene rings is 2. The number of hydrogen-bond donors (Lipinski definition) is 1. The first-order valence-electron chi connectivity index (χ1n) is 10.6. The molecule has 0 aliphatic carbocycles. The number of thiophene rings is 1. The molecule has 1 aliphatic rings. The van der Waals surface area contributed by atoms with Gasteiger partial charge in [0.2, 0.25) is 0 Å². The number of aliphatic carboxylic acids is 1. The van der Waals surface area contributed by atoms with Crippen LogP contribution in [0.25, 0.3) is 0 Å². The zero-order valence-corrected chi connectivity index (χ0v) is 19.5. The smallest absolute Gasteiger partial charge is 0.333 e. The molecule has 1 aromatic heterocycles. The van der Waals surface area contributed by atoms with Crippen LogP contribution < -0.4 is 4.74 Å².